The van der Waals surface area contributed by atoms with Crippen molar-refractivity contribution in [3.63, 3.8) is 0 Å². The summed E-state index contributed by atoms with van der Waals surface area (Å²) in [4.78, 5) is 41.4. The maximum atomic E-state index is 13.3. The van der Waals surface area contributed by atoms with Gasteiger partial charge in [0.25, 0.3) is 11.8 Å². The van der Waals surface area contributed by atoms with Crippen molar-refractivity contribution in [1.29, 1.82) is 0 Å². The highest BCUT2D eigenvalue weighted by molar-refractivity contribution is 6.33. The minimum absolute atomic E-state index is 0.251. The first-order valence-electron chi connectivity index (χ1n) is 10.7. The lowest BCUT2D eigenvalue weighted by molar-refractivity contribution is -0.118. The molecule has 8 heteroatoms. The summed E-state index contributed by atoms with van der Waals surface area (Å²) >= 11 is 6.19. The molecule has 4 N–H and O–H groups in total. The van der Waals surface area contributed by atoms with Gasteiger partial charge in [0.15, 0.2) is 0 Å². The maximum Gasteiger partial charge on any atom is 0.253 e. The predicted molar refractivity (Wildman–Crippen MR) is 133 cm³/mol. The number of rotatable bonds is 7. The lowest BCUT2D eigenvalue weighted by atomic mass is 10.0. The second-order valence-electron chi connectivity index (χ2n) is 7.72. The molecule has 4 rings (SSSR count). The van der Waals surface area contributed by atoms with Gasteiger partial charge >= 0.3 is 0 Å². The summed E-state index contributed by atoms with van der Waals surface area (Å²) in [7, 11) is 1.54. The van der Waals surface area contributed by atoms with E-state index in [2.05, 4.69) is 20.9 Å². The van der Waals surface area contributed by atoms with E-state index in [-0.39, 0.29) is 17.9 Å². The fraction of sp³-hybridized carbons (Fsp3) is 0.115. The van der Waals surface area contributed by atoms with E-state index in [1.54, 1.807) is 48.5 Å². The van der Waals surface area contributed by atoms with Gasteiger partial charge in [0, 0.05) is 41.8 Å². The number of amides is 3. The summed E-state index contributed by atoms with van der Waals surface area (Å²) < 4.78 is 0. The zero-order valence-corrected chi connectivity index (χ0v) is 19.1. The van der Waals surface area contributed by atoms with Crippen LogP contribution in [0.4, 0.5) is 5.69 Å². The van der Waals surface area contributed by atoms with Gasteiger partial charge in [0.05, 0.1) is 10.6 Å². The summed E-state index contributed by atoms with van der Waals surface area (Å²) in [5.41, 5.74) is 2.96. The molecule has 1 atom stereocenters. The van der Waals surface area contributed by atoms with Crippen LogP contribution >= 0.6 is 11.6 Å². The second-order valence-corrected chi connectivity index (χ2v) is 8.13. The molecule has 0 spiro atoms. The fourth-order valence-electron chi connectivity index (χ4n) is 3.72. The molecule has 34 heavy (non-hydrogen) atoms. The fourth-order valence-corrected chi connectivity index (χ4v) is 3.94. The van der Waals surface area contributed by atoms with Crippen LogP contribution in [0.2, 0.25) is 5.02 Å². The van der Waals surface area contributed by atoms with Gasteiger partial charge in [0.2, 0.25) is 5.91 Å². The number of aromatic nitrogens is 1. The predicted octanol–water partition coefficient (Wildman–Crippen LogP) is 4.16. The van der Waals surface area contributed by atoms with Crippen molar-refractivity contribution in [1.82, 2.24) is 15.6 Å². The largest absolute Gasteiger partial charge is 0.361 e. The quantitative estimate of drug-likeness (QED) is 0.323. The van der Waals surface area contributed by atoms with Crippen molar-refractivity contribution in [2.75, 3.05) is 12.4 Å². The van der Waals surface area contributed by atoms with Crippen molar-refractivity contribution >= 4 is 45.9 Å². The van der Waals surface area contributed by atoms with Gasteiger partial charge in [-0.25, -0.2) is 0 Å². The van der Waals surface area contributed by atoms with Crippen molar-refractivity contribution in [3.8, 4) is 0 Å². The van der Waals surface area contributed by atoms with Crippen LogP contribution in [-0.2, 0) is 11.2 Å². The molecule has 0 saturated heterocycles. The molecule has 4 aromatic rings. The third-order valence-corrected chi connectivity index (χ3v) is 5.79. The summed E-state index contributed by atoms with van der Waals surface area (Å²) in [5.74, 6) is -1.14. The van der Waals surface area contributed by atoms with Gasteiger partial charge in [-0.1, -0.05) is 48.0 Å². The van der Waals surface area contributed by atoms with E-state index in [4.69, 9.17) is 11.6 Å². The Morgan fingerprint density at radius 3 is 2.50 bits per heavy atom. The Balaban J connectivity index is 1.61. The Hall–Kier alpha value is -4.10. The highest BCUT2D eigenvalue weighted by atomic mass is 35.5. The van der Waals surface area contributed by atoms with Crippen LogP contribution in [0.1, 0.15) is 26.3 Å². The first-order valence-corrected chi connectivity index (χ1v) is 11.1. The van der Waals surface area contributed by atoms with E-state index in [0.29, 0.717) is 16.3 Å². The molecule has 0 radical (unpaired) electrons. The number of carbonyl (C=O) groups is 3. The van der Waals surface area contributed by atoms with Crippen molar-refractivity contribution in [2.45, 2.75) is 12.5 Å². The summed E-state index contributed by atoms with van der Waals surface area (Å²) in [6, 6.07) is 20.1. The minimum Gasteiger partial charge on any atom is -0.361 e. The Morgan fingerprint density at radius 2 is 1.71 bits per heavy atom. The molecule has 7 nitrogen and oxygen atoms in total. The summed E-state index contributed by atoms with van der Waals surface area (Å²) in [5, 5.41) is 9.45. The molecule has 3 amide bonds. The number of aromatic amines is 1. The number of fused-ring (bicyclic) bond motifs is 1. The van der Waals surface area contributed by atoms with Crippen molar-refractivity contribution in [3.05, 3.63) is 101 Å². The highest BCUT2D eigenvalue weighted by Gasteiger charge is 2.24. The number of carbonyl (C=O) groups excluding carboxylic acids is 3. The van der Waals surface area contributed by atoms with Gasteiger partial charge in [0.1, 0.15) is 6.04 Å². The van der Waals surface area contributed by atoms with Crippen LogP contribution in [0.3, 0.4) is 0 Å². The zero-order chi connectivity index (χ0) is 24.1. The van der Waals surface area contributed by atoms with E-state index in [0.717, 1.165) is 16.5 Å². The molecule has 0 aliphatic rings. The number of para-hydroxylation sites is 1. The highest BCUT2D eigenvalue weighted by Crippen LogP contribution is 2.21. The van der Waals surface area contributed by atoms with Crippen LogP contribution < -0.4 is 16.0 Å². The molecular formula is C26H23ClN4O3. The van der Waals surface area contributed by atoms with Crippen LogP contribution in [-0.4, -0.2) is 35.8 Å². The monoisotopic (exact) mass is 474 g/mol. The Bertz CT molecular complexity index is 1360. The zero-order valence-electron chi connectivity index (χ0n) is 18.4. The number of anilines is 1. The Morgan fingerprint density at radius 1 is 0.941 bits per heavy atom. The van der Waals surface area contributed by atoms with Crippen LogP contribution in [0.25, 0.3) is 10.9 Å². The lowest BCUT2D eigenvalue weighted by Crippen LogP contribution is -2.45. The molecule has 1 heterocycles. The topological polar surface area (TPSA) is 103 Å². The number of benzene rings is 3. The molecule has 0 aliphatic carbocycles. The van der Waals surface area contributed by atoms with Crippen LogP contribution in [0, 0.1) is 0 Å². The van der Waals surface area contributed by atoms with E-state index >= 15 is 0 Å². The number of halogens is 1. The van der Waals surface area contributed by atoms with Gasteiger partial charge < -0.3 is 20.9 Å². The van der Waals surface area contributed by atoms with E-state index in [9.17, 15) is 14.4 Å². The number of H-pyrrole nitrogens is 1. The van der Waals surface area contributed by atoms with Crippen LogP contribution in [0.5, 0.6) is 0 Å². The Labute approximate surface area is 201 Å². The number of hydrogen-bond acceptors (Lipinski definition) is 3. The standard InChI is InChI=1S/C26H23ClN4O3/c1-28-24(32)16-7-6-8-18(13-16)30-26(34)23(31-25(33)20-10-2-4-11-21(20)27)14-17-15-29-22-12-5-3-9-19(17)22/h2-13,15,23,29H,14H2,1H3,(H,28,32)(H,30,34)(H,31,33). The molecule has 0 fully saturated rings. The van der Waals surface area contributed by atoms with Crippen molar-refractivity contribution < 1.29 is 14.4 Å². The molecule has 3 aromatic carbocycles. The van der Waals surface area contributed by atoms with Gasteiger partial charge in [-0.05, 0) is 42.0 Å². The lowest BCUT2D eigenvalue weighted by Gasteiger charge is -2.19. The molecule has 1 aromatic heterocycles. The molecular weight excluding hydrogens is 452 g/mol. The van der Waals surface area contributed by atoms with Gasteiger partial charge in [-0.3, -0.25) is 14.4 Å². The first kappa shape index (κ1) is 23.1. The molecule has 0 aliphatic heterocycles. The maximum absolute atomic E-state index is 13.3. The summed E-state index contributed by atoms with van der Waals surface area (Å²) in [6.07, 6.45) is 2.08. The minimum atomic E-state index is -0.897. The van der Waals surface area contributed by atoms with Gasteiger partial charge in [-0.2, -0.15) is 0 Å². The molecule has 0 bridgehead atoms. The normalized spacial score (nSPS) is 11.6. The van der Waals surface area contributed by atoms with E-state index < -0.39 is 17.9 Å². The third-order valence-electron chi connectivity index (χ3n) is 5.46. The average molecular weight is 475 g/mol. The second kappa shape index (κ2) is 10.2. The molecule has 172 valence electrons. The van der Waals surface area contributed by atoms with E-state index in [1.807, 2.05) is 30.5 Å². The van der Waals surface area contributed by atoms with Gasteiger partial charge in [-0.15, -0.1) is 0 Å². The SMILES string of the molecule is CNC(=O)c1cccc(NC(=O)C(Cc2c[nH]c3ccccc23)NC(=O)c2ccccc2Cl)c1. The average Bonchev–Trinajstić information content (AvgIpc) is 3.26. The van der Waals surface area contributed by atoms with Crippen molar-refractivity contribution in [2.24, 2.45) is 0 Å². The first-order chi connectivity index (χ1) is 16.5. The number of nitrogens with one attached hydrogen (secondary N) is 4. The van der Waals surface area contributed by atoms with E-state index in [1.165, 1.54) is 7.05 Å². The smallest absolute Gasteiger partial charge is 0.253 e. The Kier molecular flexibility index (Phi) is 6.94. The third kappa shape index (κ3) is 5.10. The number of hydrogen-bond donors (Lipinski definition) is 4. The molecule has 1 unspecified atom stereocenters. The van der Waals surface area contributed by atoms with Crippen LogP contribution in [0.15, 0.2) is 79.0 Å². The summed E-state index contributed by atoms with van der Waals surface area (Å²) in [6.45, 7) is 0. The molecule has 0 saturated carbocycles.